The second kappa shape index (κ2) is 9.20. The molecule has 0 aliphatic heterocycles. The van der Waals surface area contributed by atoms with Crippen LogP contribution in [0.5, 0.6) is 0 Å². The Kier molecular flexibility index (Phi) is 20.3. The van der Waals surface area contributed by atoms with E-state index < -0.39 is 15.2 Å². The van der Waals surface area contributed by atoms with Crippen LogP contribution < -0.4 is 4.19 Å². The first-order valence-electron chi connectivity index (χ1n) is 0.289. The number of hydrogen-bond donors (Lipinski definition) is 0. The topological polar surface area (TPSA) is 40.1 Å². The molecule has 0 unspecified atom stereocenters. The van der Waals surface area contributed by atoms with Crippen molar-refractivity contribution >= 4 is 0 Å². The van der Waals surface area contributed by atoms with Crippen LogP contribution in [0.4, 0.5) is 0 Å². The molecule has 4 heteroatoms. The van der Waals surface area contributed by atoms with E-state index in [2.05, 4.69) is 0 Å². The van der Waals surface area contributed by atoms with Crippen molar-refractivity contribution in [2.75, 3.05) is 0 Å². The van der Waals surface area contributed by atoms with Crippen LogP contribution in [-0.4, -0.2) is 0 Å². The van der Waals surface area contributed by atoms with Crippen molar-refractivity contribution in [3.05, 3.63) is 0 Å². The maximum atomic E-state index is 8.38. The van der Waals surface area contributed by atoms with Gasteiger partial charge >= 0.3 is 40.3 Å². The van der Waals surface area contributed by atoms with E-state index in [9.17, 15) is 0 Å². The fourth-order valence-electron chi connectivity index (χ4n) is 0. The zero-order valence-electron chi connectivity index (χ0n) is 1.52. The van der Waals surface area contributed by atoms with Crippen LogP contribution in [-0.2, 0) is 36.1 Å². The third-order valence-electron chi connectivity index (χ3n) is 0. The Morgan fingerprint density at radius 3 is 1.75 bits per heavy atom. The summed E-state index contributed by atoms with van der Waals surface area (Å²) < 4.78 is 16.8. The molecule has 0 aromatic carbocycles. The summed E-state index contributed by atoms with van der Waals surface area (Å²) in [6.07, 6.45) is 0. The normalized spacial score (nSPS) is 4.25. The minimum absolute atomic E-state index is 0. The fraction of sp³-hybridized carbons (Fsp3) is 0. The Morgan fingerprint density at radius 1 is 1.75 bits per heavy atom. The van der Waals surface area contributed by atoms with Crippen molar-refractivity contribution in [2.45, 2.75) is 0 Å². The first-order valence-corrected chi connectivity index (χ1v) is 1.19. The van der Waals surface area contributed by atoms with E-state index in [-0.39, 0.29) is 17.1 Å². The van der Waals surface area contributed by atoms with E-state index in [0.717, 1.165) is 0 Å². The molecule has 0 atom stereocenters. The van der Waals surface area contributed by atoms with E-state index in [1.54, 1.807) is 0 Å². The molecule has 0 amide bonds. The van der Waals surface area contributed by atoms with Gasteiger partial charge in [0.1, 0.15) is 0 Å². The molecule has 4 heavy (non-hydrogen) atoms. The van der Waals surface area contributed by atoms with Gasteiger partial charge in [0.25, 0.3) is 0 Å². The van der Waals surface area contributed by atoms with Crippen molar-refractivity contribution < 1.29 is 40.3 Å². The zero-order valence-corrected chi connectivity index (χ0v) is 3.73. The first kappa shape index (κ1) is 8.84. The van der Waals surface area contributed by atoms with Gasteiger partial charge in [-0.2, -0.15) is 0 Å². The molecular weight excluding hydrogens is 144 g/mol. The molecule has 26 valence electrons. The predicted octanol–water partition coefficient (Wildman–Crippen LogP) is -1.31. The van der Waals surface area contributed by atoms with Crippen LogP contribution in [0.1, 0.15) is 0 Å². The SMILES string of the molecule is [Fe+3].[O]=[Fe][O-]. The zero-order chi connectivity index (χ0) is 2.71. The minimum atomic E-state index is -1.25. The van der Waals surface area contributed by atoms with Gasteiger partial charge in [0.05, 0.1) is 0 Å². The van der Waals surface area contributed by atoms with Crippen LogP contribution in [0.25, 0.3) is 0 Å². The molecule has 0 saturated carbocycles. The van der Waals surface area contributed by atoms with E-state index in [1.165, 1.54) is 0 Å². The molecule has 0 aliphatic carbocycles. The molecule has 0 aliphatic rings. The summed E-state index contributed by atoms with van der Waals surface area (Å²) in [7, 11) is 0. The van der Waals surface area contributed by atoms with E-state index in [4.69, 9.17) is 8.02 Å². The van der Waals surface area contributed by atoms with Gasteiger partial charge in [-0.05, 0) is 0 Å². The summed E-state index contributed by atoms with van der Waals surface area (Å²) in [6.45, 7) is 0. The van der Waals surface area contributed by atoms with Crippen molar-refractivity contribution in [3.8, 4) is 0 Å². The van der Waals surface area contributed by atoms with Gasteiger partial charge in [0.2, 0.25) is 0 Å². The molecule has 0 heterocycles. The molecule has 0 spiro atoms. The van der Waals surface area contributed by atoms with Crippen LogP contribution in [0.3, 0.4) is 0 Å². The second-order valence-electron chi connectivity index (χ2n) is 0.0589. The third-order valence-corrected chi connectivity index (χ3v) is 0. The number of rotatable bonds is 0. The Balaban J connectivity index is 0. The van der Waals surface area contributed by atoms with Crippen molar-refractivity contribution in [1.82, 2.24) is 0 Å². The van der Waals surface area contributed by atoms with Gasteiger partial charge in [0.15, 0.2) is 0 Å². The van der Waals surface area contributed by atoms with Crippen molar-refractivity contribution in [2.24, 2.45) is 0 Å². The van der Waals surface area contributed by atoms with Crippen LogP contribution >= 0.6 is 0 Å². The van der Waals surface area contributed by atoms with Crippen molar-refractivity contribution in [3.63, 3.8) is 0 Å². The van der Waals surface area contributed by atoms with Gasteiger partial charge in [-0.1, -0.05) is 0 Å². The van der Waals surface area contributed by atoms with E-state index in [1.807, 2.05) is 0 Å². The summed E-state index contributed by atoms with van der Waals surface area (Å²) in [5.41, 5.74) is 0. The molecule has 0 fully saturated rings. The predicted molar refractivity (Wildman–Crippen MR) is 0.686 cm³/mol. The Labute approximate surface area is 40.7 Å². The van der Waals surface area contributed by atoms with Crippen LogP contribution in [0, 0.1) is 0 Å². The van der Waals surface area contributed by atoms with Crippen molar-refractivity contribution in [1.29, 1.82) is 0 Å². The standard InChI is InChI=1S/2Fe.2O/q;+3;;-1. The van der Waals surface area contributed by atoms with Gasteiger partial charge in [-0.25, -0.2) is 0 Å². The Hall–Kier alpha value is 0.799. The molecule has 1 radical (unpaired) electrons. The van der Waals surface area contributed by atoms with E-state index >= 15 is 0 Å². The summed E-state index contributed by atoms with van der Waals surface area (Å²) >= 11 is -1.25. The summed E-state index contributed by atoms with van der Waals surface area (Å²) in [5, 5.41) is 0. The quantitative estimate of drug-likeness (QED) is 0.395. The van der Waals surface area contributed by atoms with Gasteiger partial charge in [-0.15, -0.1) is 0 Å². The fourth-order valence-corrected chi connectivity index (χ4v) is 0. The molecule has 0 aromatic heterocycles. The summed E-state index contributed by atoms with van der Waals surface area (Å²) in [4.78, 5) is 0. The molecular formula is Fe2O2+2. The molecule has 2 nitrogen and oxygen atoms in total. The Bertz CT molecular complexity index is 11.5. The average molecular weight is 144 g/mol. The molecule has 0 saturated heterocycles. The molecule has 0 aromatic rings. The van der Waals surface area contributed by atoms with Gasteiger partial charge < -0.3 is 0 Å². The second-order valence-corrected chi connectivity index (χ2v) is 0.243. The average Bonchev–Trinajstić information content (AvgIpc) is 0.918. The maximum absolute atomic E-state index is 8.38. The van der Waals surface area contributed by atoms with Crippen LogP contribution in [0.15, 0.2) is 0 Å². The van der Waals surface area contributed by atoms with E-state index in [0.29, 0.717) is 0 Å². The Morgan fingerprint density at radius 2 is 1.75 bits per heavy atom. The molecule has 0 bridgehead atoms. The molecule has 0 N–H and O–H groups in total. The number of hydrogen-bond acceptors (Lipinski definition) is 2. The van der Waals surface area contributed by atoms with Gasteiger partial charge in [-0.3, -0.25) is 0 Å². The summed E-state index contributed by atoms with van der Waals surface area (Å²) in [6, 6.07) is 0. The monoisotopic (exact) mass is 144 g/mol. The summed E-state index contributed by atoms with van der Waals surface area (Å²) in [5.74, 6) is 0. The van der Waals surface area contributed by atoms with Crippen LogP contribution in [0.2, 0.25) is 0 Å². The van der Waals surface area contributed by atoms with Gasteiger partial charge in [0, 0.05) is 0 Å². The molecule has 0 rings (SSSR count). The third kappa shape index (κ3) is 14.2. The first-order chi connectivity index (χ1) is 1.41.